The van der Waals surface area contributed by atoms with Gasteiger partial charge in [-0.25, -0.2) is 9.36 Å². The normalized spacial score (nSPS) is 11.2. The van der Waals surface area contributed by atoms with E-state index in [-0.39, 0.29) is 25.4 Å². The molecule has 0 aliphatic heterocycles. The maximum absolute atomic E-state index is 12.2. The first-order chi connectivity index (χ1) is 10.4. The fourth-order valence-electron chi connectivity index (χ4n) is 1.61. The zero-order valence-corrected chi connectivity index (χ0v) is 13.4. The minimum atomic E-state index is -3.95. The van der Waals surface area contributed by atoms with Crippen molar-refractivity contribution in [2.45, 2.75) is 26.7 Å². The fourth-order valence-corrected chi connectivity index (χ4v) is 2.80. The Morgan fingerprint density at radius 2 is 1.64 bits per heavy atom. The number of ether oxygens (including phenoxy) is 1. The van der Waals surface area contributed by atoms with Crippen LogP contribution in [0.4, 0.5) is 4.79 Å². The zero-order chi connectivity index (χ0) is 16.6. The minimum Gasteiger partial charge on any atom is -0.481 e. The first-order valence-electron chi connectivity index (χ1n) is 6.83. The average Bonchev–Trinajstić information content (AvgIpc) is 2.47. The van der Waals surface area contributed by atoms with Crippen LogP contribution in [0.25, 0.3) is 0 Å². The van der Waals surface area contributed by atoms with Gasteiger partial charge in [-0.15, -0.1) is 0 Å². The first kappa shape index (κ1) is 18.4. The van der Waals surface area contributed by atoms with Crippen LogP contribution >= 0.6 is 7.60 Å². The van der Waals surface area contributed by atoms with E-state index in [0.29, 0.717) is 6.42 Å². The zero-order valence-electron chi connectivity index (χ0n) is 12.5. The second-order valence-corrected chi connectivity index (χ2v) is 6.12. The lowest BCUT2D eigenvalue weighted by Crippen LogP contribution is -2.11. The topological polar surface area (TPSA) is 99.1 Å². The van der Waals surface area contributed by atoms with Crippen LogP contribution in [0.2, 0.25) is 0 Å². The molecule has 0 saturated carbocycles. The number of hydrogen-bond donors (Lipinski definition) is 1. The Morgan fingerprint density at radius 3 is 2.09 bits per heavy atom. The molecule has 0 fully saturated rings. The van der Waals surface area contributed by atoms with Gasteiger partial charge in [0.1, 0.15) is 5.75 Å². The molecule has 22 heavy (non-hydrogen) atoms. The van der Waals surface area contributed by atoms with Gasteiger partial charge in [0.2, 0.25) is 0 Å². The Kier molecular flexibility index (Phi) is 7.24. The summed E-state index contributed by atoms with van der Waals surface area (Å²) in [4.78, 5) is 22.4. The third kappa shape index (κ3) is 5.60. The number of aliphatic carboxylic acids is 1. The quantitative estimate of drug-likeness (QED) is 0.692. The molecule has 1 aromatic carbocycles. The van der Waals surface area contributed by atoms with Gasteiger partial charge in [-0.05, 0) is 38.0 Å². The molecule has 122 valence electrons. The molecule has 0 aromatic heterocycles. The fraction of sp³-hybridized carbons (Fsp3) is 0.429. The number of hydrogen-bond acceptors (Lipinski definition) is 6. The number of carboxylic acids is 1. The Balaban J connectivity index is 2.71. The van der Waals surface area contributed by atoms with E-state index >= 15 is 0 Å². The smallest absolute Gasteiger partial charge is 0.438 e. The van der Waals surface area contributed by atoms with Crippen molar-refractivity contribution in [1.29, 1.82) is 0 Å². The van der Waals surface area contributed by atoms with Crippen LogP contribution in [-0.2, 0) is 24.8 Å². The number of carbonyl (C=O) groups is 2. The summed E-state index contributed by atoms with van der Waals surface area (Å²) in [5.41, 5.74) is -0.283. The van der Waals surface area contributed by atoms with Crippen molar-refractivity contribution in [1.82, 2.24) is 0 Å². The number of rotatable bonds is 9. The predicted octanol–water partition coefficient (Wildman–Crippen LogP) is 3.47. The highest BCUT2D eigenvalue weighted by Crippen LogP contribution is 2.49. The average molecular weight is 330 g/mol. The molecular weight excluding hydrogens is 311 g/mol. The van der Waals surface area contributed by atoms with E-state index < -0.39 is 19.3 Å². The molecule has 0 saturated heterocycles. The molecule has 0 aliphatic carbocycles. The highest BCUT2D eigenvalue weighted by atomic mass is 31.2. The van der Waals surface area contributed by atoms with Crippen molar-refractivity contribution in [3.8, 4) is 5.75 Å². The van der Waals surface area contributed by atoms with Gasteiger partial charge in [-0.2, -0.15) is 0 Å². The molecular formula is C14H19O7P. The minimum absolute atomic E-state index is 0.0169. The number of aryl methyl sites for hydroxylation is 1. The van der Waals surface area contributed by atoms with Crippen LogP contribution in [0.15, 0.2) is 24.3 Å². The molecule has 0 amide bonds. The number of carboxylic acid groups (broad SMARTS) is 1. The number of carbonyl (C=O) groups excluding carboxylic acids is 1. The molecule has 1 N–H and O–H groups in total. The third-order valence-corrected chi connectivity index (χ3v) is 4.31. The molecule has 0 spiro atoms. The van der Waals surface area contributed by atoms with Crippen molar-refractivity contribution in [2.75, 3.05) is 13.2 Å². The Hall–Kier alpha value is -1.69. The summed E-state index contributed by atoms with van der Waals surface area (Å²) in [6.45, 7) is 3.30. The summed E-state index contributed by atoms with van der Waals surface area (Å²) < 4.78 is 26.9. The van der Waals surface area contributed by atoms with Gasteiger partial charge >= 0.3 is 19.3 Å². The van der Waals surface area contributed by atoms with Gasteiger partial charge in [0.25, 0.3) is 0 Å². The van der Waals surface area contributed by atoms with Crippen LogP contribution < -0.4 is 4.74 Å². The number of benzene rings is 1. The predicted molar refractivity (Wildman–Crippen MR) is 79.3 cm³/mol. The lowest BCUT2D eigenvalue weighted by molar-refractivity contribution is -0.136. The Morgan fingerprint density at radius 1 is 1.09 bits per heavy atom. The second kappa shape index (κ2) is 8.68. The van der Waals surface area contributed by atoms with Crippen LogP contribution in [0.1, 0.15) is 25.8 Å². The highest BCUT2D eigenvalue weighted by Gasteiger charge is 2.36. The SMILES string of the molecule is CCOP(=O)(OCC)C(=O)Oc1ccc(CCC(=O)O)cc1. The lowest BCUT2D eigenvalue weighted by Gasteiger charge is -2.15. The molecule has 8 heteroatoms. The van der Waals surface area contributed by atoms with E-state index in [1.54, 1.807) is 26.0 Å². The molecule has 1 aromatic rings. The van der Waals surface area contributed by atoms with Crippen molar-refractivity contribution in [3.63, 3.8) is 0 Å². The molecule has 0 bridgehead atoms. The van der Waals surface area contributed by atoms with E-state index in [4.69, 9.17) is 18.9 Å². The van der Waals surface area contributed by atoms with E-state index in [0.717, 1.165) is 5.56 Å². The monoisotopic (exact) mass is 330 g/mol. The van der Waals surface area contributed by atoms with E-state index in [1.807, 2.05) is 0 Å². The Bertz CT molecular complexity index is 543. The summed E-state index contributed by atoms with van der Waals surface area (Å²) in [5, 5.41) is 8.61. The van der Waals surface area contributed by atoms with Gasteiger partial charge in [-0.1, -0.05) is 12.1 Å². The molecule has 1 rings (SSSR count). The van der Waals surface area contributed by atoms with Crippen molar-refractivity contribution in [2.24, 2.45) is 0 Å². The highest BCUT2D eigenvalue weighted by molar-refractivity contribution is 7.71. The Labute approximate surface area is 128 Å². The summed E-state index contributed by atoms with van der Waals surface area (Å²) in [6, 6.07) is 6.27. The van der Waals surface area contributed by atoms with Gasteiger partial charge in [-0.3, -0.25) is 4.79 Å². The van der Waals surface area contributed by atoms with Gasteiger partial charge < -0.3 is 18.9 Å². The van der Waals surface area contributed by atoms with Crippen LogP contribution in [0.3, 0.4) is 0 Å². The maximum atomic E-state index is 12.2. The molecule has 0 unspecified atom stereocenters. The third-order valence-electron chi connectivity index (χ3n) is 2.58. The lowest BCUT2D eigenvalue weighted by atomic mass is 10.1. The standard InChI is InChI=1S/C14H19O7P/c1-3-19-22(18,20-4-2)14(17)21-12-8-5-11(6-9-12)7-10-13(15)16/h5-6,8-9H,3-4,7,10H2,1-2H3,(H,15,16). The van der Waals surface area contributed by atoms with Gasteiger partial charge in [0, 0.05) is 6.42 Å². The van der Waals surface area contributed by atoms with Crippen molar-refractivity contribution >= 4 is 19.3 Å². The van der Waals surface area contributed by atoms with Crippen LogP contribution in [0.5, 0.6) is 5.75 Å². The van der Waals surface area contributed by atoms with E-state index in [1.165, 1.54) is 12.1 Å². The van der Waals surface area contributed by atoms with Crippen LogP contribution in [0, 0.1) is 0 Å². The molecule has 7 nitrogen and oxygen atoms in total. The molecule has 0 atom stereocenters. The summed E-state index contributed by atoms with van der Waals surface area (Å²) in [6.07, 6.45) is 0.392. The molecule has 0 radical (unpaired) electrons. The van der Waals surface area contributed by atoms with Crippen molar-refractivity contribution in [3.05, 3.63) is 29.8 Å². The molecule has 0 heterocycles. The van der Waals surface area contributed by atoms with E-state index in [2.05, 4.69) is 0 Å². The van der Waals surface area contributed by atoms with E-state index in [9.17, 15) is 14.2 Å². The second-order valence-electron chi connectivity index (χ2n) is 4.24. The largest absolute Gasteiger partial charge is 0.481 e. The van der Waals surface area contributed by atoms with Crippen molar-refractivity contribution < 1.29 is 33.0 Å². The summed E-state index contributed by atoms with van der Waals surface area (Å²) in [5.74, 6) is -0.700. The first-order valence-corrected chi connectivity index (χ1v) is 8.37. The maximum Gasteiger partial charge on any atom is 0.438 e. The summed E-state index contributed by atoms with van der Waals surface area (Å²) in [7, 11) is -3.95. The van der Waals surface area contributed by atoms with Gasteiger partial charge in [0.15, 0.2) is 0 Å². The summed E-state index contributed by atoms with van der Waals surface area (Å²) >= 11 is 0. The van der Waals surface area contributed by atoms with Gasteiger partial charge in [0.05, 0.1) is 13.2 Å². The molecule has 0 aliphatic rings. The van der Waals surface area contributed by atoms with Crippen LogP contribution in [-0.4, -0.2) is 30.0 Å².